The van der Waals surface area contributed by atoms with Gasteiger partial charge in [0, 0.05) is 25.1 Å². The molecule has 0 N–H and O–H groups in total. The van der Waals surface area contributed by atoms with Gasteiger partial charge in [0.25, 0.3) is 11.6 Å². The number of likely N-dealkylation sites (tertiary alicyclic amines) is 1. The van der Waals surface area contributed by atoms with Crippen LogP contribution in [0.15, 0.2) is 36.4 Å². The van der Waals surface area contributed by atoms with Crippen LogP contribution in [0.5, 0.6) is 11.5 Å². The van der Waals surface area contributed by atoms with Gasteiger partial charge in [-0.15, -0.1) is 11.3 Å². The number of nitro benzene ring substituents is 1. The quantitative estimate of drug-likeness (QED) is 0.409. The summed E-state index contributed by atoms with van der Waals surface area (Å²) in [6.07, 6.45) is 1.74. The lowest BCUT2D eigenvalue weighted by molar-refractivity contribution is -0.385. The van der Waals surface area contributed by atoms with Crippen molar-refractivity contribution in [3.8, 4) is 11.5 Å². The fraction of sp³-hybridized carbons (Fsp3) is 0.364. The first-order valence-electron chi connectivity index (χ1n) is 10.2. The zero-order valence-corrected chi connectivity index (χ0v) is 18.2. The second kappa shape index (κ2) is 8.89. The molecule has 1 amide bonds. The molecule has 1 aliphatic rings. The summed E-state index contributed by atoms with van der Waals surface area (Å²) < 4.78 is 11.9. The Labute approximate surface area is 183 Å². The van der Waals surface area contributed by atoms with Gasteiger partial charge in [-0.25, -0.2) is 4.98 Å². The van der Waals surface area contributed by atoms with Gasteiger partial charge in [-0.05, 0) is 31.9 Å². The van der Waals surface area contributed by atoms with Gasteiger partial charge in [-0.1, -0.05) is 12.1 Å². The smallest absolute Gasteiger partial charge is 0.286 e. The highest BCUT2D eigenvalue weighted by Crippen LogP contribution is 2.37. The Kier molecular flexibility index (Phi) is 6.03. The molecule has 2 aromatic carbocycles. The molecule has 0 aliphatic carbocycles. The van der Waals surface area contributed by atoms with E-state index in [1.165, 1.54) is 19.2 Å². The number of fused-ring (bicyclic) bond motifs is 1. The highest BCUT2D eigenvalue weighted by atomic mass is 32.1. The average Bonchev–Trinajstić information content (AvgIpc) is 3.23. The molecule has 1 aliphatic heterocycles. The molecule has 4 rings (SSSR count). The van der Waals surface area contributed by atoms with Crippen molar-refractivity contribution in [1.82, 2.24) is 9.88 Å². The van der Waals surface area contributed by atoms with E-state index < -0.39 is 4.92 Å². The number of methoxy groups -OCH3 is 1. The second-order valence-electron chi connectivity index (χ2n) is 7.32. The molecule has 0 spiro atoms. The number of carbonyl (C=O) groups excluding carboxylic acids is 1. The van der Waals surface area contributed by atoms with Crippen LogP contribution in [0.3, 0.4) is 0 Å². The van der Waals surface area contributed by atoms with Gasteiger partial charge in [0.1, 0.15) is 5.56 Å². The lowest BCUT2D eigenvalue weighted by Crippen LogP contribution is -2.39. The lowest BCUT2D eigenvalue weighted by Gasteiger charge is -2.32. The fourth-order valence-corrected chi connectivity index (χ4v) is 4.99. The third-order valence-electron chi connectivity index (χ3n) is 5.38. The summed E-state index contributed by atoms with van der Waals surface area (Å²) in [6.45, 7) is 3.18. The zero-order chi connectivity index (χ0) is 22.0. The standard InChI is InChI=1S/C22H23N3O5S/c1-3-30-19-11-15(17(25(27)28)12-18(19)29-2)22(26)24-10-6-7-14(13-24)21-23-16-8-4-5-9-20(16)31-21/h4-5,8-9,11-12,14H,3,6-7,10,13H2,1-2H3. The number of piperidine rings is 1. The highest BCUT2D eigenvalue weighted by Gasteiger charge is 2.32. The average molecular weight is 442 g/mol. The summed E-state index contributed by atoms with van der Waals surface area (Å²) in [4.78, 5) is 30.9. The molecule has 0 radical (unpaired) electrons. The van der Waals surface area contributed by atoms with E-state index >= 15 is 0 Å². The summed E-state index contributed by atoms with van der Waals surface area (Å²) >= 11 is 1.64. The Morgan fingerprint density at radius 2 is 2.13 bits per heavy atom. The van der Waals surface area contributed by atoms with Crippen molar-refractivity contribution in [2.75, 3.05) is 26.8 Å². The molecule has 1 atom stereocenters. The van der Waals surface area contributed by atoms with Crippen molar-refractivity contribution in [2.24, 2.45) is 0 Å². The molecule has 1 fully saturated rings. The second-order valence-corrected chi connectivity index (χ2v) is 8.38. The first kappa shape index (κ1) is 21.0. The number of thiazole rings is 1. The minimum Gasteiger partial charge on any atom is -0.493 e. The Balaban J connectivity index is 1.63. The maximum atomic E-state index is 13.3. The normalized spacial score (nSPS) is 16.3. The van der Waals surface area contributed by atoms with Crippen molar-refractivity contribution in [3.05, 3.63) is 57.1 Å². The van der Waals surface area contributed by atoms with Gasteiger partial charge in [-0.3, -0.25) is 14.9 Å². The van der Waals surface area contributed by atoms with Crippen LogP contribution >= 0.6 is 11.3 Å². The van der Waals surface area contributed by atoms with E-state index in [1.54, 1.807) is 23.2 Å². The molecule has 0 bridgehead atoms. The number of aromatic nitrogens is 1. The molecule has 31 heavy (non-hydrogen) atoms. The predicted octanol–water partition coefficient (Wildman–Crippen LogP) is 4.63. The van der Waals surface area contributed by atoms with Gasteiger partial charge in [0.15, 0.2) is 11.5 Å². The summed E-state index contributed by atoms with van der Waals surface area (Å²) in [6, 6.07) is 10.6. The van der Waals surface area contributed by atoms with Crippen LogP contribution in [0.4, 0.5) is 5.69 Å². The molecular formula is C22H23N3O5S. The number of carbonyl (C=O) groups is 1. The summed E-state index contributed by atoms with van der Waals surface area (Å²) in [5.41, 5.74) is 0.685. The number of hydrogen-bond acceptors (Lipinski definition) is 7. The number of nitro groups is 1. The number of amides is 1. The van der Waals surface area contributed by atoms with Crippen molar-refractivity contribution < 1.29 is 19.2 Å². The molecule has 8 nitrogen and oxygen atoms in total. The fourth-order valence-electron chi connectivity index (χ4n) is 3.90. The Morgan fingerprint density at radius 3 is 2.84 bits per heavy atom. The van der Waals surface area contributed by atoms with E-state index in [4.69, 9.17) is 14.5 Å². The SMILES string of the molecule is CCOc1cc(C(=O)N2CCCC(c3nc4ccccc4s3)C2)c([N+](=O)[O-])cc1OC. The Bertz CT molecular complexity index is 1100. The van der Waals surface area contributed by atoms with E-state index in [0.717, 1.165) is 28.1 Å². The minimum absolute atomic E-state index is 0.0131. The summed E-state index contributed by atoms with van der Waals surface area (Å²) in [5, 5.41) is 12.7. The number of para-hydroxylation sites is 1. The van der Waals surface area contributed by atoms with E-state index in [-0.39, 0.29) is 28.8 Å². The van der Waals surface area contributed by atoms with Gasteiger partial charge >= 0.3 is 0 Å². The van der Waals surface area contributed by atoms with Gasteiger partial charge in [-0.2, -0.15) is 0 Å². The van der Waals surface area contributed by atoms with Crippen LogP contribution in [0, 0.1) is 10.1 Å². The summed E-state index contributed by atoms with van der Waals surface area (Å²) in [5.74, 6) is 0.287. The van der Waals surface area contributed by atoms with Crippen LogP contribution in [0.1, 0.15) is 41.0 Å². The Morgan fingerprint density at radius 1 is 1.32 bits per heavy atom. The number of hydrogen-bond donors (Lipinski definition) is 0. The first-order valence-corrected chi connectivity index (χ1v) is 11.0. The number of rotatable bonds is 6. The van der Waals surface area contributed by atoms with Crippen LogP contribution < -0.4 is 9.47 Å². The molecule has 1 aromatic heterocycles. The molecule has 1 saturated heterocycles. The third-order valence-corrected chi connectivity index (χ3v) is 6.58. The monoisotopic (exact) mass is 441 g/mol. The van der Waals surface area contributed by atoms with E-state index in [2.05, 4.69) is 0 Å². The number of benzene rings is 2. The maximum Gasteiger partial charge on any atom is 0.286 e. The van der Waals surface area contributed by atoms with Crippen LogP contribution in [-0.4, -0.2) is 47.5 Å². The first-order chi connectivity index (χ1) is 15.0. The molecule has 162 valence electrons. The minimum atomic E-state index is -0.555. The molecule has 1 unspecified atom stereocenters. The Hall–Kier alpha value is -3.20. The van der Waals surface area contributed by atoms with Crippen LogP contribution in [0.25, 0.3) is 10.2 Å². The molecule has 0 saturated carbocycles. The number of nitrogens with zero attached hydrogens (tertiary/aromatic N) is 3. The van der Waals surface area contributed by atoms with E-state index in [1.807, 2.05) is 24.3 Å². The zero-order valence-electron chi connectivity index (χ0n) is 17.4. The van der Waals surface area contributed by atoms with Crippen LogP contribution in [-0.2, 0) is 0 Å². The maximum absolute atomic E-state index is 13.3. The lowest BCUT2D eigenvalue weighted by atomic mass is 9.97. The van der Waals surface area contributed by atoms with Crippen molar-refractivity contribution in [3.63, 3.8) is 0 Å². The van der Waals surface area contributed by atoms with Gasteiger partial charge in [0.05, 0.1) is 39.9 Å². The highest BCUT2D eigenvalue weighted by molar-refractivity contribution is 7.18. The van der Waals surface area contributed by atoms with Crippen molar-refractivity contribution in [2.45, 2.75) is 25.7 Å². The van der Waals surface area contributed by atoms with E-state index in [9.17, 15) is 14.9 Å². The third kappa shape index (κ3) is 4.18. The summed E-state index contributed by atoms with van der Waals surface area (Å²) in [7, 11) is 1.41. The van der Waals surface area contributed by atoms with Crippen LogP contribution in [0.2, 0.25) is 0 Å². The molecule has 9 heteroatoms. The van der Waals surface area contributed by atoms with Gasteiger partial charge in [0.2, 0.25) is 0 Å². The molecule has 2 heterocycles. The van der Waals surface area contributed by atoms with Gasteiger partial charge < -0.3 is 14.4 Å². The number of ether oxygens (including phenoxy) is 2. The molecule has 3 aromatic rings. The van der Waals surface area contributed by atoms with Crippen molar-refractivity contribution >= 4 is 33.1 Å². The predicted molar refractivity (Wildman–Crippen MR) is 118 cm³/mol. The topological polar surface area (TPSA) is 94.8 Å². The van der Waals surface area contributed by atoms with Crippen molar-refractivity contribution in [1.29, 1.82) is 0 Å². The van der Waals surface area contributed by atoms with E-state index in [0.29, 0.717) is 25.4 Å². The molecular weight excluding hydrogens is 418 g/mol. The largest absolute Gasteiger partial charge is 0.493 e.